The highest BCUT2D eigenvalue weighted by atomic mass is 16.6. The van der Waals surface area contributed by atoms with Crippen molar-refractivity contribution in [1.82, 2.24) is 5.32 Å². The fraction of sp³-hybridized carbons (Fsp3) is 0.238. The summed E-state index contributed by atoms with van der Waals surface area (Å²) in [7, 11) is 0. The number of nitro benzene ring substituents is 1. The van der Waals surface area contributed by atoms with Crippen molar-refractivity contribution in [3.63, 3.8) is 0 Å². The highest BCUT2D eigenvalue weighted by Crippen LogP contribution is 2.64. The zero-order chi connectivity index (χ0) is 19.5. The molecule has 0 bridgehead atoms. The summed E-state index contributed by atoms with van der Waals surface area (Å²) in [6.45, 7) is 0.741. The number of nitrogens with zero attached hydrogens (tertiary/aromatic N) is 3. The smallest absolute Gasteiger partial charge is 0.269 e. The van der Waals surface area contributed by atoms with E-state index in [-0.39, 0.29) is 5.69 Å². The van der Waals surface area contributed by atoms with Crippen molar-refractivity contribution in [3.05, 3.63) is 75.5 Å². The third-order valence-electron chi connectivity index (χ3n) is 6.26. The quantitative estimate of drug-likeness (QED) is 0.621. The molecule has 2 heterocycles. The first kappa shape index (κ1) is 16.3. The minimum Gasteiger partial charge on any atom is -0.387 e. The van der Waals surface area contributed by atoms with Gasteiger partial charge in [0.1, 0.15) is 0 Å². The van der Waals surface area contributed by atoms with E-state index in [0.717, 1.165) is 29.9 Å². The zero-order valence-corrected chi connectivity index (χ0v) is 14.8. The van der Waals surface area contributed by atoms with Crippen LogP contribution in [0, 0.1) is 38.2 Å². The van der Waals surface area contributed by atoms with Crippen LogP contribution in [0.1, 0.15) is 17.5 Å². The first-order valence-electron chi connectivity index (χ1n) is 9.01. The van der Waals surface area contributed by atoms with Crippen molar-refractivity contribution in [3.8, 4) is 12.1 Å². The van der Waals surface area contributed by atoms with Gasteiger partial charge in [-0.25, -0.2) is 0 Å². The minimum absolute atomic E-state index is 0.0235. The molecule has 2 aliphatic heterocycles. The van der Waals surface area contributed by atoms with Gasteiger partial charge in [-0.1, -0.05) is 18.2 Å². The van der Waals surface area contributed by atoms with Crippen LogP contribution >= 0.6 is 0 Å². The second kappa shape index (κ2) is 5.34. The Morgan fingerprint density at radius 2 is 1.82 bits per heavy atom. The van der Waals surface area contributed by atoms with Crippen LogP contribution in [0.25, 0.3) is 5.57 Å². The molecular weight excluding hydrogens is 354 g/mol. The predicted molar refractivity (Wildman–Crippen MR) is 102 cm³/mol. The van der Waals surface area contributed by atoms with Crippen molar-refractivity contribution < 1.29 is 4.92 Å². The van der Waals surface area contributed by atoms with E-state index >= 15 is 0 Å². The van der Waals surface area contributed by atoms with E-state index in [2.05, 4.69) is 22.8 Å². The largest absolute Gasteiger partial charge is 0.387 e. The molecule has 3 aliphatic rings. The fourth-order valence-electron chi connectivity index (χ4n) is 5.18. The molecule has 28 heavy (non-hydrogen) atoms. The Morgan fingerprint density at radius 3 is 2.50 bits per heavy atom. The van der Waals surface area contributed by atoms with Gasteiger partial charge in [0, 0.05) is 35.6 Å². The van der Waals surface area contributed by atoms with Gasteiger partial charge < -0.3 is 10.6 Å². The summed E-state index contributed by atoms with van der Waals surface area (Å²) in [4.78, 5) is 10.6. The third kappa shape index (κ3) is 1.71. The maximum absolute atomic E-state index is 11.0. The van der Waals surface area contributed by atoms with E-state index in [1.807, 2.05) is 24.3 Å². The fourth-order valence-corrected chi connectivity index (χ4v) is 5.18. The summed E-state index contributed by atoms with van der Waals surface area (Å²) in [5, 5.41) is 38.3. The molecule has 1 aliphatic carbocycles. The predicted octanol–water partition coefficient (Wildman–Crippen LogP) is 3.08. The lowest BCUT2D eigenvalue weighted by molar-refractivity contribution is -0.384. The van der Waals surface area contributed by atoms with E-state index in [0.29, 0.717) is 11.1 Å². The van der Waals surface area contributed by atoms with Crippen LogP contribution in [0.2, 0.25) is 0 Å². The molecule has 0 radical (unpaired) electrons. The molecule has 1 saturated heterocycles. The Hall–Kier alpha value is -3.84. The van der Waals surface area contributed by atoms with Gasteiger partial charge in [-0.05, 0) is 35.7 Å². The standard InChI is InChI=1S/C21H15N5O2/c22-11-20(12-23)17(13-5-7-14(8-6-13)26(27)28)18-21(9-10-24-18)15-3-1-2-4-16(15)25-19(20)21/h1-8,19,24-25H,9-10H2/t19-,21+/m1/s1. The lowest BCUT2D eigenvalue weighted by Crippen LogP contribution is -2.44. The van der Waals surface area contributed by atoms with Gasteiger partial charge in [0.25, 0.3) is 5.69 Å². The van der Waals surface area contributed by atoms with E-state index in [1.54, 1.807) is 12.1 Å². The Bertz CT molecular complexity index is 1120. The molecule has 2 atom stereocenters. The van der Waals surface area contributed by atoms with E-state index in [1.165, 1.54) is 12.1 Å². The molecular formula is C21H15N5O2. The number of nitro groups is 1. The average molecular weight is 369 g/mol. The monoisotopic (exact) mass is 369 g/mol. The number of rotatable bonds is 2. The van der Waals surface area contributed by atoms with Gasteiger partial charge in [-0.2, -0.15) is 10.5 Å². The molecule has 0 unspecified atom stereocenters. The number of hydrogen-bond acceptors (Lipinski definition) is 6. The van der Waals surface area contributed by atoms with Crippen molar-refractivity contribution in [2.75, 3.05) is 11.9 Å². The Balaban J connectivity index is 1.80. The number of benzene rings is 2. The van der Waals surface area contributed by atoms with Crippen LogP contribution < -0.4 is 10.6 Å². The molecule has 1 fully saturated rings. The molecule has 2 aromatic rings. The van der Waals surface area contributed by atoms with Gasteiger partial charge >= 0.3 is 0 Å². The molecule has 2 aromatic carbocycles. The summed E-state index contributed by atoms with van der Waals surface area (Å²) in [5.41, 5.74) is 2.30. The van der Waals surface area contributed by atoms with Crippen molar-refractivity contribution in [2.24, 2.45) is 5.41 Å². The summed E-state index contributed by atoms with van der Waals surface area (Å²) >= 11 is 0. The highest BCUT2D eigenvalue weighted by molar-refractivity contribution is 5.89. The summed E-state index contributed by atoms with van der Waals surface area (Å²) < 4.78 is 0. The molecule has 5 rings (SSSR count). The molecule has 136 valence electrons. The van der Waals surface area contributed by atoms with E-state index < -0.39 is 21.8 Å². The average Bonchev–Trinajstić information content (AvgIpc) is 3.35. The molecule has 0 aromatic heterocycles. The third-order valence-corrected chi connectivity index (χ3v) is 6.26. The summed E-state index contributed by atoms with van der Waals surface area (Å²) in [5.74, 6) is 0. The number of fused-ring (bicyclic) bond motifs is 1. The Morgan fingerprint density at radius 1 is 1.11 bits per heavy atom. The maximum Gasteiger partial charge on any atom is 0.269 e. The molecule has 0 saturated carbocycles. The number of anilines is 1. The minimum atomic E-state index is -1.40. The molecule has 7 heteroatoms. The number of hydrogen-bond donors (Lipinski definition) is 2. The van der Waals surface area contributed by atoms with Crippen LogP contribution in [0.3, 0.4) is 0 Å². The summed E-state index contributed by atoms with van der Waals surface area (Å²) in [6.07, 6.45) is 0.776. The van der Waals surface area contributed by atoms with Crippen LogP contribution in [-0.2, 0) is 5.41 Å². The first-order valence-corrected chi connectivity index (χ1v) is 9.01. The number of nitrogens with one attached hydrogen (secondary N) is 2. The second-order valence-corrected chi connectivity index (χ2v) is 7.36. The molecule has 0 amide bonds. The van der Waals surface area contributed by atoms with Crippen LogP contribution in [0.5, 0.6) is 0 Å². The number of para-hydroxylation sites is 1. The molecule has 1 spiro atoms. The Labute approximate surface area is 161 Å². The van der Waals surface area contributed by atoms with Gasteiger partial charge in [-0.3, -0.25) is 10.1 Å². The van der Waals surface area contributed by atoms with Gasteiger partial charge in [0.05, 0.1) is 28.5 Å². The maximum atomic E-state index is 11.0. The van der Waals surface area contributed by atoms with E-state index in [9.17, 15) is 20.6 Å². The van der Waals surface area contributed by atoms with Crippen LogP contribution in [0.15, 0.2) is 54.2 Å². The first-order chi connectivity index (χ1) is 13.6. The van der Waals surface area contributed by atoms with Gasteiger partial charge in [0.2, 0.25) is 0 Å². The van der Waals surface area contributed by atoms with Gasteiger partial charge in [0.15, 0.2) is 5.41 Å². The Kier molecular flexibility index (Phi) is 3.12. The molecule has 7 nitrogen and oxygen atoms in total. The molecule has 2 N–H and O–H groups in total. The lowest BCUT2D eigenvalue weighted by Gasteiger charge is -2.31. The SMILES string of the molecule is N#CC1(C#N)C(c2ccc([N+](=O)[O-])cc2)=C2NCC[C@]23c2ccccc2N[C@H]13. The highest BCUT2D eigenvalue weighted by Gasteiger charge is 2.68. The second-order valence-electron chi connectivity index (χ2n) is 7.36. The summed E-state index contributed by atoms with van der Waals surface area (Å²) in [6, 6.07) is 18.2. The normalized spacial score (nSPS) is 25.6. The number of non-ortho nitro benzene ring substituents is 1. The van der Waals surface area contributed by atoms with Crippen molar-refractivity contribution in [1.29, 1.82) is 10.5 Å². The zero-order valence-electron chi connectivity index (χ0n) is 14.8. The topological polar surface area (TPSA) is 115 Å². The van der Waals surface area contributed by atoms with Crippen LogP contribution in [0.4, 0.5) is 11.4 Å². The lowest BCUT2D eigenvalue weighted by atomic mass is 9.70. The van der Waals surface area contributed by atoms with E-state index in [4.69, 9.17) is 0 Å². The van der Waals surface area contributed by atoms with Crippen molar-refractivity contribution in [2.45, 2.75) is 17.9 Å². The van der Waals surface area contributed by atoms with Gasteiger partial charge in [-0.15, -0.1) is 0 Å². The number of nitriles is 2. The van der Waals surface area contributed by atoms with Crippen molar-refractivity contribution >= 4 is 16.9 Å². The van der Waals surface area contributed by atoms with Crippen LogP contribution in [-0.4, -0.2) is 17.5 Å².